The predicted octanol–water partition coefficient (Wildman–Crippen LogP) is 3.97. The maximum Gasteiger partial charge on any atom is 0.181 e. The van der Waals surface area contributed by atoms with E-state index in [2.05, 4.69) is 31.2 Å². The van der Waals surface area contributed by atoms with Gasteiger partial charge in [-0.25, -0.2) is 15.0 Å². The third-order valence-corrected chi connectivity index (χ3v) is 5.47. The highest BCUT2D eigenvalue weighted by Gasteiger charge is 2.23. The molecule has 0 spiro atoms. The summed E-state index contributed by atoms with van der Waals surface area (Å²) in [5, 5.41) is 13.0. The first-order chi connectivity index (χ1) is 14.7. The topological polar surface area (TPSA) is 90.9 Å². The predicted molar refractivity (Wildman–Crippen MR) is 114 cm³/mol. The highest BCUT2D eigenvalue weighted by molar-refractivity contribution is 5.73. The molecule has 7 heteroatoms. The molecule has 0 amide bonds. The number of nitrogens with one attached hydrogen (secondary N) is 1. The Balaban J connectivity index is 1.40. The van der Waals surface area contributed by atoms with E-state index in [-0.39, 0.29) is 0 Å². The van der Waals surface area contributed by atoms with Crippen molar-refractivity contribution in [3.63, 3.8) is 0 Å². The minimum Gasteiger partial charge on any atom is -0.443 e. The molecule has 0 bridgehead atoms. The zero-order valence-electron chi connectivity index (χ0n) is 16.6. The van der Waals surface area contributed by atoms with Gasteiger partial charge in [-0.3, -0.25) is 0 Å². The van der Waals surface area contributed by atoms with Gasteiger partial charge in [-0.05, 0) is 42.3 Å². The fraction of sp³-hybridized carbons (Fsp3) is 0.217. The highest BCUT2D eigenvalue weighted by atomic mass is 16.3. The molecule has 0 saturated carbocycles. The Hall–Kier alpha value is -3.92. The highest BCUT2D eigenvalue weighted by Crippen LogP contribution is 2.30. The number of fused-ring (bicyclic) bond motifs is 2. The van der Waals surface area contributed by atoms with Crippen molar-refractivity contribution in [1.82, 2.24) is 15.0 Å². The SMILES string of the molecule is Cc1ccc(N2CCc3ncnc(NCc4ccc5ocnc5c4)c3C2)c(C#N)c1. The monoisotopic (exact) mass is 396 g/mol. The first kappa shape index (κ1) is 18.1. The standard InChI is InChI=1S/C23H20N6O/c1-15-2-4-21(17(8-15)10-24)29-7-6-19-18(12-29)23(27-13-26-19)25-11-16-3-5-22-20(9-16)28-14-30-22/h2-5,8-9,13-14H,6-7,11-12H2,1H3,(H,25,26,27). The van der Waals surface area contributed by atoms with E-state index in [1.54, 1.807) is 6.33 Å². The molecule has 2 aromatic heterocycles. The molecule has 5 rings (SSSR count). The molecule has 0 fully saturated rings. The maximum atomic E-state index is 9.57. The lowest BCUT2D eigenvalue weighted by Crippen LogP contribution is -2.32. The molecular weight excluding hydrogens is 376 g/mol. The van der Waals surface area contributed by atoms with Crippen molar-refractivity contribution in [2.24, 2.45) is 0 Å². The van der Waals surface area contributed by atoms with Gasteiger partial charge < -0.3 is 14.6 Å². The maximum absolute atomic E-state index is 9.57. The summed E-state index contributed by atoms with van der Waals surface area (Å²) in [6, 6.07) is 14.3. The van der Waals surface area contributed by atoms with Crippen molar-refractivity contribution in [3.8, 4) is 6.07 Å². The van der Waals surface area contributed by atoms with Crippen LogP contribution in [0.15, 0.2) is 53.5 Å². The number of benzene rings is 2. The van der Waals surface area contributed by atoms with E-state index in [4.69, 9.17) is 4.42 Å². The summed E-state index contributed by atoms with van der Waals surface area (Å²) in [6.45, 7) is 4.12. The van der Waals surface area contributed by atoms with Crippen molar-refractivity contribution in [1.29, 1.82) is 5.26 Å². The third-order valence-electron chi connectivity index (χ3n) is 5.47. The Kier molecular flexibility index (Phi) is 4.52. The van der Waals surface area contributed by atoms with Crippen LogP contribution >= 0.6 is 0 Å². The van der Waals surface area contributed by atoms with Gasteiger partial charge in [0, 0.05) is 31.6 Å². The van der Waals surface area contributed by atoms with Crippen molar-refractivity contribution >= 4 is 22.6 Å². The summed E-state index contributed by atoms with van der Waals surface area (Å²) in [6.07, 6.45) is 3.89. The lowest BCUT2D eigenvalue weighted by atomic mass is 10.0. The second-order valence-electron chi connectivity index (χ2n) is 7.46. The number of hydrogen-bond acceptors (Lipinski definition) is 7. The van der Waals surface area contributed by atoms with Crippen molar-refractivity contribution in [3.05, 3.63) is 77.1 Å². The van der Waals surface area contributed by atoms with Crippen LogP contribution in [-0.2, 0) is 19.5 Å². The quantitative estimate of drug-likeness (QED) is 0.558. The fourth-order valence-electron chi connectivity index (χ4n) is 3.91. The number of rotatable bonds is 4. The lowest BCUT2D eigenvalue weighted by Gasteiger charge is -2.31. The van der Waals surface area contributed by atoms with E-state index >= 15 is 0 Å². The summed E-state index contributed by atoms with van der Waals surface area (Å²) in [5.41, 5.74) is 7.60. The van der Waals surface area contributed by atoms with Crippen LogP contribution in [0, 0.1) is 18.3 Å². The molecule has 4 aromatic rings. The number of hydrogen-bond donors (Lipinski definition) is 1. The van der Waals surface area contributed by atoms with Crippen molar-refractivity contribution in [2.45, 2.75) is 26.4 Å². The Labute approximate surface area is 174 Å². The largest absolute Gasteiger partial charge is 0.443 e. The van der Waals surface area contributed by atoms with Crippen LogP contribution in [0.5, 0.6) is 0 Å². The van der Waals surface area contributed by atoms with Crippen LogP contribution in [0.25, 0.3) is 11.1 Å². The summed E-state index contributed by atoms with van der Waals surface area (Å²) in [7, 11) is 0. The normalized spacial score (nSPS) is 13.1. The number of anilines is 2. The van der Waals surface area contributed by atoms with Gasteiger partial charge in [0.25, 0.3) is 0 Å². The van der Waals surface area contributed by atoms with Crippen LogP contribution in [0.4, 0.5) is 11.5 Å². The summed E-state index contributed by atoms with van der Waals surface area (Å²) in [4.78, 5) is 15.4. The average Bonchev–Trinajstić information content (AvgIpc) is 3.25. The molecule has 30 heavy (non-hydrogen) atoms. The van der Waals surface area contributed by atoms with Crippen LogP contribution in [-0.4, -0.2) is 21.5 Å². The first-order valence-corrected chi connectivity index (χ1v) is 9.86. The average molecular weight is 396 g/mol. The van der Waals surface area contributed by atoms with E-state index < -0.39 is 0 Å². The molecule has 7 nitrogen and oxygen atoms in total. The molecule has 2 aromatic carbocycles. The Morgan fingerprint density at radius 3 is 3.00 bits per heavy atom. The fourth-order valence-corrected chi connectivity index (χ4v) is 3.91. The summed E-state index contributed by atoms with van der Waals surface area (Å²) < 4.78 is 5.31. The molecule has 0 unspecified atom stereocenters. The molecule has 0 saturated heterocycles. The molecular formula is C23H20N6O. The molecule has 0 atom stereocenters. The lowest BCUT2D eigenvalue weighted by molar-refractivity contribution is 0.602. The van der Waals surface area contributed by atoms with Gasteiger partial charge in [0.1, 0.15) is 23.7 Å². The second-order valence-corrected chi connectivity index (χ2v) is 7.46. The van der Waals surface area contributed by atoms with Gasteiger partial charge in [-0.2, -0.15) is 5.26 Å². The van der Waals surface area contributed by atoms with E-state index in [0.717, 1.165) is 58.0 Å². The molecule has 148 valence electrons. The minimum absolute atomic E-state index is 0.625. The Morgan fingerprint density at radius 2 is 2.10 bits per heavy atom. The summed E-state index contributed by atoms with van der Waals surface area (Å²) >= 11 is 0. The third kappa shape index (κ3) is 3.33. The molecule has 1 aliphatic heterocycles. The number of nitriles is 1. The number of nitrogens with zero attached hydrogens (tertiary/aromatic N) is 5. The zero-order chi connectivity index (χ0) is 20.5. The second kappa shape index (κ2) is 7.48. The Morgan fingerprint density at radius 1 is 1.17 bits per heavy atom. The summed E-state index contributed by atoms with van der Waals surface area (Å²) in [5.74, 6) is 0.829. The minimum atomic E-state index is 0.625. The van der Waals surface area contributed by atoms with Crippen LogP contribution in [0.3, 0.4) is 0 Å². The molecule has 1 aliphatic rings. The van der Waals surface area contributed by atoms with Gasteiger partial charge in [0.15, 0.2) is 12.0 Å². The van der Waals surface area contributed by atoms with E-state index in [0.29, 0.717) is 18.7 Å². The van der Waals surface area contributed by atoms with Gasteiger partial charge in [0.05, 0.1) is 16.9 Å². The number of aromatic nitrogens is 3. The van der Waals surface area contributed by atoms with E-state index in [1.165, 1.54) is 6.39 Å². The molecule has 1 N–H and O–H groups in total. The molecule has 0 radical (unpaired) electrons. The van der Waals surface area contributed by atoms with Gasteiger partial charge in [-0.15, -0.1) is 0 Å². The van der Waals surface area contributed by atoms with Crippen LogP contribution < -0.4 is 10.2 Å². The molecule has 0 aliphatic carbocycles. The van der Waals surface area contributed by atoms with E-state index in [9.17, 15) is 5.26 Å². The van der Waals surface area contributed by atoms with Crippen molar-refractivity contribution < 1.29 is 4.42 Å². The smallest absolute Gasteiger partial charge is 0.181 e. The van der Waals surface area contributed by atoms with Crippen LogP contribution in [0.2, 0.25) is 0 Å². The van der Waals surface area contributed by atoms with Crippen molar-refractivity contribution in [2.75, 3.05) is 16.8 Å². The molecule has 3 heterocycles. The number of aryl methyl sites for hydroxylation is 1. The number of oxazole rings is 1. The zero-order valence-corrected chi connectivity index (χ0v) is 16.6. The van der Waals surface area contributed by atoms with Gasteiger partial charge in [0.2, 0.25) is 0 Å². The van der Waals surface area contributed by atoms with E-state index in [1.807, 2.05) is 43.3 Å². The first-order valence-electron chi connectivity index (χ1n) is 9.86. The van der Waals surface area contributed by atoms with Gasteiger partial charge >= 0.3 is 0 Å². The Bertz CT molecular complexity index is 1270. The van der Waals surface area contributed by atoms with Gasteiger partial charge in [-0.1, -0.05) is 12.1 Å². The van der Waals surface area contributed by atoms with Crippen LogP contribution in [0.1, 0.15) is 27.9 Å².